The van der Waals surface area contributed by atoms with Gasteiger partial charge in [0.1, 0.15) is 5.75 Å². The van der Waals surface area contributed by atoms with E-state index in [1.807, 2.05) is 52.0 Å². The van der Waals surface area contributed by atoms with Crippen LogP contribution in [0.25, 0.3) is 0 Å². The van der Waals surface area contributed by atoms with Gasteiger partial charge in [0.2, 0.25) is 11.8 Å². The van der Waals surface area contributed by atoms with E-state index < -0.39 is 0 Å². The van der Waals surface area contributed by atoms with E-state index in [1.165, 1.54) is 0 Å². The van der Waals surface area contributed by atoms with E-state index >= 15 is 0 Å². The highest BCUT2D eigenvalue weighted by Crippen LogP contribution is 2.43. The highest BCUT2D eigenvalue weighted by atomic mass is 16.5. The molecule has 0 radical (unpaired) electrons. The Bertz CT molecular complexity index is 1020. The van der Waals surface area contributed by atoms with Gasteiger partial charge in [0.25, 0.3) is 5.91 Å². The first kappa shape index (κ1) is 22.9. The van der Waals surface area contributed by atoms with Gasteiger partial charge >= 0.3 is 0 Å². The Kier molecular flexibility index (Phi) is 5.88. The minimum Gasteiger partial charge on any atom is -0.496 e. The number of rotatable bonds is 5. The number of likely N-dealkylation sites (tertiary alicyclic amines) is 3. The Morgan fingerprint density at radius 1 is 1.21 bits per heavy atom. The van der Waals surface area contributed by atoms with E-state index in [2.05, 4.69) is 5.32 Å². The van der Waals surface area contributed by atoms with Crippen LogP contribution < -0.4 is 10.1 Å². The van der Waals surface area contributed by atoms with E-state index in [-0.39, 0.29) is 41.0 Å². The molecule has 3 amide bonds. The first-order valence-electron chi connectivity index (χ1n) is 12.2. The molecule has 8 heteroatoms. The SMILES string of the molecule is C/C=C/CN1CC(c2cc(C(=O)N3CC4(CN(C(C)=O)C4)C3)ccc2OC)C2CCNC2C1=O. The number of carbonyl (C=O) groups is 3. The molecule has 1 N–H and O–H groups in total. The van der Waals surface area contributed by atoms with Crippen molar-refractivity contribution in [2.45, 2.75) is 32.2 Å². The van der Waals surface area contributed by atoms with Crippen LogP contribution in [0.4, 0.5) is 0 Å². The van der Waals surface area contributed by atoms with E-state index in [4.69, 9.17) is 4.74 Å². The fourth-order valence-corrected chi connectivity index (χ4v) is 6.25. The van der Waals surface area contributed by atoms with E-state index in [9.17, 15) is 14.4 Å². The molecule has 0 aliphatic carbocycles. The van der Waals surface area contributed by atoms with Crippen molar-refractivity contribution in [3.05, 3.63) is 41.5 Å². The number of methoxy groups -OCH3 is 1. The fourth-order valence-electron chi connectivity index (χ4n) is 6.25. The van der Waals surface area contributed by atoms with Crippen LogP contribution in [0.3, 0.4) is 0 Å². The number of ether oxygens (including phenoxy) is 1. The molecule has 8 nitrogen and oxygen atoms in total. The molecule has 4 fully saturated rings. The molecule has 4 heterocycles. The van der Waals surface area contributed by atoms with Crippen molar-refractivity contribution in [3.8, 4) is 5.75 Å². The number of fused-ring (bicyclic) bond motifs is 1. The van der Waals surface area contributed by atoms with Crippen molar-refractivity contribution in [1.29, 1.82) is 0 Å². The van der Waals surface area contributed by atoms with Crippen LogP contribution in [-0.2, 0) is 9.59 Å². The minimum atomic E-state index is -0.189. The number of benzene rings is 1. The second-order valence-electron chi connectivity index (χ2n) is 10.3. The van der Waals surface area contributed by atoms with Crippen molar-refractivity contribution in [2.24, 2.45) is 11.3 Å². The predicted octanol–water partition coefficient (Wildman–Crippen LogP) is 1.48. The molecule has 3 atom stereocenters. The van der Waals surface area contributed by atoms with Gasteiger partial charge in [-0.1, -0.05) is 12.2 Å². The minimum absolute atomic E-state index is 0.0227. The van der Waals surface area contributed by atoms with Crippen molar-refractivity contribution >= 4 is 17.7 Å². The third-order valence-electron chi connectivity index (χ3n) is 8.06. The molecule has 182 valence electrons. The van der Waals surface area contributed by atoms with Gasteiger partial charge in [-0.05, 0) is 44.0 Å². The summed E-state index contributed by atoms with van der Waals surface area (Å²) in [6.45, 7) is 8.46. The standard InChI is InChI=1S/C26H34N4O4/c1-4-5-10-28-12-21(19-8-9-27-23(19)25(28)33)20-11-18(6-7-22(20)34-3)24(32)30-15-26(16-30)13-29(14-26)17(2)31/h4-7,11,19,21,23,27H,8-10,12-16H2,1-3H3/b5-4+. The van der Waals surface area contributed by atoms with Crippen LogP contribution in [-0.4, -0.2) is 91.4 Å². The lowest BCUT2D eigenvalue weighted by atomic mass is 9.72. The normalized spacial score (nSPS) is 27.6. The van der Waals surface area contributed by atoms with Crippen LogP contribution in [0.2, 0.25) is 0 Å². The monoisotopic (exact) mass is 466 g/mol. The summed E-state index contributed by atoms with van der Waals surface area (Å²) in [5, 5.41) is 3.40. The summed E-state index contributed by atoms with van der Waals surface area (Å²) in [5.41, 5.74) is 1.75. The maximum absolute atomic E-state index is 13.3. The van der Waals surface area contributed by atoms with Crippen molar-refractivity contribution in [1.82, 2.24) is 20.0 Å². The summed E-state index contributed by atoms with van der Waals surface area (Å²) >= 11 is 0. The summed E-state index contributed by atoms with van der Waals surface area (Å²) in [4.78, 5) is 43.5. The summed E-state index contributed by atoms with van der Waals surface area (Å²) in [6, 6.07) is 5.53. The van der Waals surface area contributed by atoms with Gasteiger partial charge in [-0.25, -0.2) is 0 Å². The number of hydrogen-bond donors (Lipinski definition) is 1. The van der Waals surface area contributed by atoms with Gasteiger partial charge in [0, 0.05) is 68.7 Å². The molecule has 0 aromatic heterocycles. The second kappa shape index (κ2) is 8.73. The maximum Gasteiger partial charge on any atom is 0.253 e. The molecule has 1 aromatic rings. The molecule has 4 aliphatic rings. The molecular formula is C26H34N4O4. The number of hydrogen-bond acceptors (Lipinski definition) is 5. The average Bonchev–Trinajstić information content (AvgIpc) is 3.26. The highest BCUT2D eigenvalue weighted by Gasteiger charge is 2.54. The first-order chi connectivity index (χ1) is 16.4. The lowest BCUT2D eigenvalue weighted by Gasteiger charge is -2.60. The second-order valence-corrected chi connectivity index (χ2v) is 10.3. The number of carbonyl (C=O) groups excluding carboxylic acids is 3. The molecule has 1 spiro atoms. The van der Waals surface area contributed by atoms with Gasteiger partial charge in [0.15, 0.2) is 0 Å². The predicted molar refractivity (Wildman–Crippen MR) is 128 cm³/mol. The first-order valence-corrected chi connectivity index (χ1v) is 12.2. The molecular weight excluding hydrogens is 432 g/mol. The Hall–Kier alpha value is -2.87. The van der Waals surface area contributed by atoms with Crippen LogP contribution in [0, 0.1) is 11.3 Å². The highest BCUT2D eigenvalue weighted by molar-refractivity contribution is 5.95. The number of nitrogens with zero attached hydrogens (tertiary/aromatic N) is 3. The molecule has 5 rings (SSSR count). The quantitative estimate of drug-likeness (QED) is 0.665. The van der Waals surface area contributed by atoms with Crippen LogP contribution in [0.5, 0.6) is 5.75 Å². The summed E-state index contributed by atoms with van der Waals surface area (Å²) in [6.07, 6.45) is 4.91. The van der Waals surface area contributed by atoms with E-state index in [0.717, 1.165) is 37.4 Å². The Balaban J connectivity index is 1.36. The zero-order chi connectivity index (χ0) is 24.0. The molecule has 34 heavy (non-hydrogen) atoms. The van der Waals surface area contributed by atoms with Crippen LogP contribution in [0.1, 0.15) is 42.1 Å². The van der Waals surface area contributed by atoms with E-state index in [1.54, 1.807) is 14.0 Å². The number of nitrogens with one attached hydrogen (secondary N) is 1. The van der Waals surface area contributed by atoms with Crippen molar-refractivity contribution < 1.29 is 19.1 Å². The summed E-state index contributed by atoms with van der Waals surface area (Å²) in [7, 11) is 1.66. The Labute approximate surface area is 200 Å². The summed E-state index contributed by atoms with van der Waals surface area (Å²) in [5.74, 6) is 1.34. The zero-order valence-corrected chi connectivity index (χ0v) is 20.3. The van der Waals surface area contributed by atoms with Crippen LogP contribution >= 0.6 is 0 Å². The molecule has 3 unspecified atom stereocenters. The molecule has 0 saturated carbocycles. The van der Waals surface area contributed by atoms with Gasteiger partial charge in [-0.15, -0.1) is 0 Å². The van der Waals surface area contributed by atoms with Gasteiger partial charge in [0.05, 0.1) is 13.2 Å². The topological polar surface area (TPSA) is 82.2 Å². The van der Waals surface area contributed by atoms with Gasteiger partial charge in [-0.2, -0.15) is 0 Å². The lowest BCUT2D eigenvalue weighted by molar-refractivity contribution is -0.152. The largest absolute Gasteiger partial charge is 0.496 e. The fraction of sp³-hybridized carbons (Fsp3) is 0.577. The molecule has 4 aliphatic heterocycles. The zero-order valence-electron chi connectivity index (χ0n) is 20.3. The van der Waals surface area contributed by atoms with Crippen LogP contribution in [0.15, 0.2) is 30.4 Å². The molecule has 0 bridgehead atoms. The smallest absolute Gasteiger partial charge is 0.253 e. The summed E-state index contributed by atoms with van der Waals surface area (Å²) < 4.78 is 5.72. The number of amides is 3. The number of allylic oxidation sites excluding steroid dienone is 1. The van der Waals surface area contributed by atoms with Crippen molar-refractivity contribution in [2.75, 3.05) is 52.9 Å². The van der Waals surface area contributed by atoms with Gasteiger partial charge in [-0.3, -0.25) is 14.4 Å². The molecule has 4 saturated heterocycles. The Morgan fingerprint density at radius 2 is 1.94 bits per heavy atom. The molecule has 1 aromatic carbocycles. The van der Waals surface area contributed by atoms with E-state index in [0.29, 0.717) is 31.7 Å². The lowest BCUT2D eigenvalue weighted by Crippen LogP contribution is -2.73. The Morgan fingerprint density at radius 3 is 2.62 bits per heavy atom. The third kappa shape index (κ3) is 3.78. The third-order valence-corrected chi connectivity index (χ3v) is 8.06. The maximum atomic E-state index is 13.3. The van der Waals surface area contributed by atoms with Gasteiger partial charge < -0.3 is 24.8 Å². The van der Waals surface area contributed by atoms with Crippen molar-refractivity contribution in [3.63, 3.8) is 0 Å². The number of piperidine rings is 1. The average molecular weight is 467 g/mol.